The maximum absolute atomic E-state index is 13.2. The molecule has 0 N–H and O–H groups in total. The number of carbonyl (C=O) groups is 2. The predicted molar refractivity (Wildman–Crippen MR) is 107 cm³/mol. The molecule has 0 saturated heterocycles. The number of aryl methyl sites for hydroxylation is 1. The standard InChI is InChI=1S/C23H23NO4/c1-15-9-11-17(12-10-15)14-24-16(2)21(23(26)28-4)19(22(24)25)13-18-7-5-6-8-20(18)27-3/h5-13H,14H2,1-4H3/b19-13-. The number of nitrogens with zero attached hydrogens (tertiary/aromatic N) is 1. The van der Waals surface area contributed by atoms with Crippen LogP contribution < -0.4 is 4.74 Å². The third-order valence-corrected chi connectivity index (χ3v) is 4.80. The summed E-state index contributed by atoms with van der Waals surface area (Å²) in [6.07, 6.45) is 1.69. The average molecular weight is 377 g/mol. The number of amides is 1. The molecule has 2 aromatic carbocycles. The maximum atomic E-state index is 13.2. The number of methoxy groups -OCH3 is 2. The van der Waals surface area contributed by atoms with Crippen molar-refractivity contribution in [1.29, 1.82) is 0 Å². The molecular weight excluding hydrogens is 354 g/mol. The number of benzene rings is 2. The molecule has 0 bridgehead atoms. The summed E-state index contributed by atoms with van der Waals surface area (Å²) in [4.78, 5) is 27.2. The van der Waals surface area contributed by atoms with Gasteiger partial charge in [0.15, 0.2) is 0 Å². The lowest BCUT2D eigenvalue weighted by Gasteiger charge is -2.18. The molecule has 28 heavy (non-hydrogen) atoms. The summed E-state index contributed by atoms with van der Waals surface area (Å²) in [6, 6.07) is 15.3. The molecule has 0 aromatic heterocycles. The van der Waals surface area contributed by atoms with Crippen molar-refractivity contribution >= 4 is 18.0 Å². The van der Waals surface area contributed by atoms with E-state index in [1.54, 1.807) is 25.0 Å². The summed E-state index contributed by atoms with van der Waals surface area (Å²) in [5, 5.41) is 0. The molecule has 0 radical (unpaired) electrons. The first-order valence-electron chi connectivity index (χ1n) is 8.98. The molecule has 0 unspecified atom stereocenters. The topological polar surface area (TPSA) is 55.8 Å². The van der Waals surface area contributed by atoms with Crippen molar-refractivity contribution in [1.82, 2.24) is 4.90 Å². The normalized spacial score (nSPS) is 15.4. The van der Waals surface area contributed by atoms with E-state index >= 15 is 0 Å². The molecule has 0 aliphatic carbocycles. The fourth-order valence-corrected chi connectivity index (χ4v) is 3.24. The van der Waals surface area contributed by atoms with Crippen molar-refractivity contribution in [2.45, 2.75) is 20.4 Å². The Hall–Kier alpha value is -3.34. The third-order valence-electron chi connectivity index (χ3n) is 4.80. The lowest BCUT2D eigenvalue weighted by molar-refractivity contribution is -0.136. The monoisotopic (exact) mass is 377 g/mol. The van der Waals surface area contributed by atoms with Crippen LogP contribution in [-0.4, -0.2) is 31.0 Å². The summed E-state index contributed by atoms with van der Waals surface area (Å²) < 4.78 is 10.3. The number of hydrogen-bond donors (Lipinski definition) is 0. The van der Waals surface area contributed by atoms with E-state index in [4.69, 9.17) is 9.47 Å². The Morgan fingerprint density at radius 2 is 1.71 bits per heavy atom. The summed E-state index contributed by atoms with van der Waals surface area (Å²) in [7, 11) is 2.89. The predicted octanol–water partition coefficient (Wildman–Crippen LogP) is 3.88. The number of rotatable bonds is 5. The highest BCUT2D eigenvalue weighted by molar-refractivity contribution is 6.16. The lowest BCUT2D eigenvalue weighted by atomic mass is 10.0. The van der Waals surface area contributed by atoms with E-state index in [0.717, 1.165) is 16.7 Å². The van der Waals surface area contributed by atoms with Gasteiger partial charge in [-0.05, 0) is 31.6 Å². The Morgan fingerprint density at radius 1 is 1.04 bits per heavy atom. The van der Waals surface area contributed by atoms with Crippen LogP contribution in [0.5, 0.6) is 5.75 Å². The van der Waals surface area contributed by atoms with Gasteiger partial charge in [0.2, 0.25) is 0 Å². The highest BCUT2D eigenvalue weighted by Gasteiger charge is 2.37. The van der Waals surface area contributed by atoms with Gasteiger partial charge in [0.05, 0.1) is 31.9 Å². The molecule has 0 atom stereocenters. The average Bonchev–Trinajstić information content (AvgIpc) is 2.93. The summed E-state index contributed by atoms with van der Waals surface area (Å²) in [5.74, 6) is -0.135. The molecule has 5 heteroatoms. The Morgan fingerprint density at radius 3 is 2.36 bits per heavy atom. The van der Waals surface area contributed by atoms with Crippen molar-refractivity contribution in [3.63, 3.8) is 0 Å². The van der Waals surface area contributed by atoms with Crippen molar-refractivity contribution in [3.8, 4) is 5.75 Å². The smallest absolute Gasteiger partial charge is 0.340 e. The molecular formula is C23H23NO4. The molecule has 0 saturated carbocycles. The van der Waals surface area contributed by atoms with E-state index < -0.39 is 5.97 Å². The summed E-state index contributed by atoms with van der Waals surface area (Å²) in [5.41, 5.74) is 4.03. The van der Waals surface area contributed by atoms with Gasteiger partial charge in [-0.25, -0.2) is 4.79 Å². The quantitative estimate of drug-likeness (QED) is 0.586. The van der Waals surface area contributed by atoms with Gasteiger partial charge in [0.25, 0.3) is 5.91 Å². The Kier molecular flexibility index (Phi) is 5.64. The second-order valence-electron chi connectivity index (χ2n) is 6.63. The van der Waals surface area contributed by atoms with Crippen LogP contribution in [-0.2, 0) is 20.9 Å². The first-order valence-corrected chi connectivity index (χ1v) is 8.98. The molecule has 1 amide bonds. The highest BCUT2D eigenvalue weighted by atomic mass is 16.5. The van der Waals surface area contributed by atoms with Crippen LogP contribution in [0, 0.1) is 6.92 Å². The minimum absolute atomic E-state index is 0.232. The van der Waals surface area contributed by atoms with Crippen LogP contribution >= 0.6 is 0 Å². The molecule has 144 valence electrons. The van der Waals surface area contributed by atoms with Gasteiger partial charge in [-0.15, -0.1) is 0 Å². The van der Waals surface area contributed by atoms with E-state index in [2.05, 4.69) is 0 Å². The van der Waals surface area contributed by atoms with Crippen LogP contribution in [0.25, 0.3) is 6.08 Å². The van der Waals surface area contributed by atoms with Gasteiger partial charge >= 0.3 is 5.97 Å². The van der Waals surface area contributed by atoms with Crippen molar-refractivity contribution in [2.24, 2.45) is 0 Å². The SMILES string of the molecule is COC(=O)C1=C(C)N(Cc2ccc(C)cc2)C(=O)/C1=C\c1ccccc1OC. The number of ether oxygens (including phenoxy) is 2. The van der Waals surface area contributed by atoms with E-state index in [1.165, 1.54) is 7.11 Å². The number of allylic oxidation sites excluding steroid dienone is 1. The fourth-order valence-electron chi connectivity index (χ4n) is 3.24. The van der Waals surface area contributed by atoms with Crippen LogP contribution in [0.4, 0.5) is 0 Å². The van der Waals surface area contributed by atoms with E-state index in [-0.39, 0.29) is 11.5 Å². The highest BCUT2D eigenvalue weighted by Crippen LogP contribution is 2.34. The van der Waals surface area contributed by atoms with E-state index in [0.29, 0.717) is 23.6 Å². The van der Waals surface area contributed by atoms with Gasteiger partial charge in [0.1, 0.15) is 5.75 Å². The molecule has 1 aliphatic heterocycles. The van der Waals surface area contributed by atoms with E-state index in [1.807, 2.05) is 55.5 Å². The second-order valence-corrected chi connectivity index (χ2v) is 6.63. The first-order chi connectivity index (χ1) is 13.5. The third kappa shape index (κ3) is 3.69. The molecule has 1 heterocycles. The molecule has 3 rings (SSSR count). The van der Waals surface area contributed by atoms with Crippen LogP contribution in [0.2, 0.25) is 0 Å². The van der Waals surface area contributed by atoms with Crippen molar-refractivity contribution in [3.05, 3.63) is 82.1 Å². The van der Waals surface area contributed by atoms with Gasteiger partial charge in [0, 0.05) is 11.3 Å². The first kappa shape index (κ1) is 19.4. The van der Waals surface area contributed by atoms with Crippen molar-refractivity contribution < 1.29 is 19.1 Å². The number of para-hydroxylation sites is 1. The zero-order valence-corrected chi connectivity index (χ0v) is 16.5. The van der Waals surface area contributed by atoms with E-state index in [9.17, 15) is 9.59 Å². The van der Waals surface area contributed by atoms with Gasteiger partial charge in [-0.3, -0.25) is 4.79 Å². The van der Waals surface area contributed by atoms with Gasteiger partial charge < -0.3 is 14.4 Å². The molecule has 1 aliphatic rings. The van der Waals surface area contributed by atoms with Crippen molar-refractivity contribution in [2.75, 3.05) is 14.2 Å². The Balaban J connectivity index is 2.04. The largest absolute Gasteiger partial charge is 0.496 e. The molecule has 2 aromatic rings. The van der Waals surface area contributed by atoms with Crippen LogP contribution in [0.1, 0.15) is 23.6 Å². The zero-order valence-electron chi connectivity index (χ0n) is 16.5. The van der Waals surface area contributed by atoms with Gasteiger partial charge in [-0.1, -0.05) is 48.0 Å². The lowest BCUT2D eigenvalue weighted by Crippen LogP contribution is -2.24. The van der Waals surface area contributed by atoms with Gasteiger partial charge in [-0.2, -0.15) is 0 Å². The molecule has 5 nitrogen and oxygen atoms in total. The Bertz CT molecular complexity index is 970. The summed E-state index contributed by atoms with van der Waals surface area (Å²) in [6.45, 7) is 4.16. The zero-order chi connectivity index (χ0) is 20.3. The number of hydrogen-bond acceptors (Lipinski definition) is 4. The fraction of sp³-hybridized carbons (Fsp3) is 0.217. The minimum Gasteiger partial charge on any atom is -0.496 e. The number of carbonyl (C=O) groups excluding carboxylic acids is 2. The van der Waals surface area contributed by atoms with Crippen LogP contribution in [0.3, 0.4) is 0 Å². The van der Waals surface area contributed by atoms with Crippen LogP contribution in [0.15, 0.2) is 65.4 Å². The number of esters is 1. The maximum Gasteiger partial charge on any atom is 0.340 e. The summed E-state index contributed by atoms with van der Waals surface area (Å²) >= 11 is 0. The molecule has 0 spiro atoms. The molecule has 0 fully saturated rings. The second kappa shape index (κ2) is 8.13. The Labute approximate surface area is 164 Å². The minimum atomic E-state index is -0.529.